The summed E-state index contributed by atoms with van der Waals surface area (Å²) in [6.07, 6.45) is 0. The Morgan fingerprint density at radius 2 is 1.38 bits per heavy atom. The topological polar surface area (TPSA) is 47.6 Å². The molecule has 0 saturated carbocycles. The normalized spacial score (nSPS) is 9.92. The van der Waals surface area contributed by atoms with Crippen LogP contribution in [0.2, 0.25) is 0 Å². The van der Waals surface area contributed by atoms with E-state index in [1.165, 1.54) is 15.3 Å². The highest BCUT2D eigenvalue weighted by Gasteiger charge is 2.14. The van der Waals surface area contributed by atoms with Crippen molar-refractivity contribution in [3.63, 3.8) is 0 Å². The third-order valence-corrected chi connectivity index (χ3v) is 6.45. The molecular formula is C22H32N2S2. The molecule has 4 heteroatoms. The van der Waals surface area contributed by atoms with Gasteiger partial charge in [-0.2, -0.15) is 10.5 Å². The van der Waals surface area contributed by atoms with E-state index in [4.69, 9.17) is 10.5 Å². The van der Waals surface area contributed by atoms with Gasteiger partial charge in [-0.05, 0) is 47.9 Å². The molecule has 0 amide bonds. The Morgan fingerprint density at radius 1 is 0.808 bits per heavy atom. The first-order valence-corrected chi connectivity index (χ1v) is 10.9. The molecule has 0 spiro atoms. The summed E-state index contributed by atoms with van der Waals surface area (Å²) >= 11 is 3.24. The van der Waals surface area contributed by atoms with E-state index in [9.17, 15) is 0 Å². The molecule has 0 atom stereocenters. The lowest BCUT2D eigenvalue weighted by atomic mass is 9.99. The van der Waals surface area contributed by atoms with Crippen molar-refractivity contribution in [2.45, 2.75) is 80.1 Å². The van der Waals surface area contributed by atoms with E-state index in [0.29, 0.717) is 17.8 Å². The van der Waals surface area contributed by atoms with Crippen LogP contribution in [0.25, 0.3) is 0 Å². The smallest absolute Gasteiger partial charge is 0.110 e. The summed E-state index contributed by atoms with van der Waals surface area (Å²) < 4.78 is 0. The van der Waals surface area contributed by atoms with Crippen LogP contribution < -0.4 is 0 Å². The summed E-state index contributed by atoms with van der Waals surface area (Å²) in [4.78, 5) is 4.37. The van der Waals surface area contributed by atoms with E-state index in [0.717, 1.165) is 15.3 Å². The molecule has 2 aromatic rings. The van der Waals surface area contributed by atoms with Gasteiger partial charge < -0.3 is 0 Å². The molecule has 0 N–H and O–H groups in total. The van der Waals surface area contributed by atoms with E-state index < -0.39 is 0 Å². The third kappa shape index (κ3) is 6.94. The van der Waals surface area contributed by atoms with E-state index in [1.54, 1.807) is 22.7 Å². The zero-order chi connectivity index (χ0) is 20.4. The van der Waals surface area contributed by atoms with Crippen molar-refractivity contribution in [2.75, 3.05) is 0 Å². The number of aryl methyl sites for hydroxylation is 1. The molecule has 0 radical (unpaired) electrons. The van der Waals surface area contributed by atoms with Gasteiger partial charge in [0, 0.05) is 9.75 Å². The lowest BCUT2D eigenvalue weighted by Gasteiger charge is -2.08. The molecule has 26 heavy (non-hydrogen) atoms. The molecule has 0 aromatic carbocycles. The van der Waals surface area contributed by atoms with Gasteiger partial charge in [-0.1, -0.05) is 55.4 Å². The second-order valence-electron chi connectivity index (χ2n) is 6.78. The highest BCUT2D eigenvalue weighted by molar-refractivity contribution is 7.13. The highest BCUT2D eigenvalue weighted by atomic mass is 32.1. The van der Waals surface area contributed by atoms with Crippen molar-refractivity contribution in [2.24, 2.45) is 0 Å². The molecule has 0 aliphatic carbocycles. The monoisotopic (exact) mass is 388 g/mol. The molecule has 0 bridgehead atoms. The maximum atomic E-state index is 8.80. The van der Waals surface area contributed by atoms with Crippen molar-refractivity contribution in [3.05, 3.63) is 42.8 Å². The molecule has 2 rings (SSSR count). The van der Waals surface area contributed by atoms with Crippen LogP contribution in [0, 0.1) is 29.6 Å². The fourth-order valence-electron chi connectivity index (χ4n) is 2.28. The zero-order valence-electron chi connectivity index (χ0n) is 17.6. The van der Waals surface area contributed by atoms with E-state index in [1.807, 2.05) is 26.8 Å². The van der Waals surface area contributed by atoms with Crippen molar-refractivity contribution in [3.8, 4) is 12.1 Å². The second-order valence-corrected chi connectivity index (χ2v) is 8.95. The van der Waals surface area contributed by atoms with Gasteiger partial charge in [0.1, 0.15) is 21.9 Å². The second kappa shape index (κ2) is 11.9. The van der Waals surface area contributed by atoms with Crippen LogP contribution in [0.15, 0.2) is 12.1 Å². The SMILES string of the molecule is CC.CC(C)c1cc(C#N)sc1C(C)C.Cc1cc(C(C)C)sc1C#N. The van der Waals surface area contributed by atoms with Gasteiger partial charge >= 0.3 is 0 Å². The molecule has 2 nitrogen and oxygen atoms in total. The van der Waals surface area contributed by atoms with Crippen LogP contribution in [0.4, 0.5) is 0 Å². The van der Waals surface area contributed by atoms with Crippen LogP contribution >= 0.6 is 22.7 Å². The van der Waals surface area contributed by atoms with Crippen molar-refractivity contribution in [1.29, 1.82) is 10.5 Å². The van der Waals surface area contributed by atoms with Gasteiger partial charge in [0.2, 0.25) is 0 Å². The Labute approximate surface area is 168 Å². The van der Waals surface area contributed by atoms with Crippen molar-refractivity contribution < 1.29 is 0 Å². The quantitative estimate of drug-likeness (QED) is 0.535. The first-order valence-electron chi connectivity index (χ1n) is 9.25. The van der Waals surface area contributed by atoms with Crippen LogP contribution in [0.1, 0.15) is 104 Å². The molecule has 2 heterocycles. The van der Waals surface area contributed by atoms with Crippen LogP contribution in [0.5, 0.6) is 0 Å². The van der Waals surface area contributed by atoms with Crippen LogP contribution in [-0.2, 0) is 0 Å². The van der Waals surface area contributed by atoms with Crippen LogP contribution in [-0.4, -0.2) is 0 Å². The molecule has 142 valence electrons. The number of rotatable bonds is 3. The average molecular weight is 389 g/mol. The summed E-state index contributed by atoms with van der Waals surface area (Å²) in [5.41, 5.74) is 2.46. The van der Waals surface area contributed by atoms with Gasteiger partial charge in [-0.15, -0.1) is 22.7 Å². The van der Waals surface area contributed by atoms with Crippen LogP contribution in [0.3, 0.4) is 0 Å². The summed E-state index contributed by atoms with van der Waals surface area (Å²) in [5, 5.41) is 17.5. The molecule has 0 unspecified atom stereocenters. The fourth-order valence-corrected chi connectivity index (χ4v) is 4.37. The standard InChI is InChI=1S/C11H15NS.C9H11NS.C2H6/c1-7(2)10-5-9(6-12)13-11(10)8(3)4;1-6(2)8-4-7(3)9(5-10)11-8;1-2/h5,7-8H,1-4H3;4,6H,1-3H3;1-2H3. The fraction of sp³-hybridized carbons (Fsp3) is 0.545. The predicted octanol–water partition coefficient (Wildman–Crippen LogP) is 7.94. The van der Waals surface area contributed by atoms with Gasteiger partial charge in [0.25, 0.3) is 0 Å². The maximum absolute atomic E-state index is 8.80. The molecule has 0 aliphatic heterocycles. The number of nitrogens with zero attached hydrogens (tertiary/aromatic N) is 2. The minimum absolute atomic E-state index is 0.524. The Hall–Kier alpha value is -1.62. The number of hydrogen-bond donors (Lipinski definition) is 0. The summed E-state index contributed by atoms with van der Waals surface area (Å²) in [5.74, 6) is 1.60. The van der Waals surface area contributed by atoms with E-state index >= 15 is 0 Å². The minimum atomic E-state index is 0.524. The lowest BCUT2D eigenvalue weighted by molar-refractivity contribution is 0.809. The summed E-state index contributed by atoms with van der Waals surface area (Å²) in [6, 6.07) is 8.54. The summed E-state index contributed by atoms with van der Waals surface area (Å²) in [7, 11) is 0. The van der Waals surface area contributed by atoms with Crippen molar-refractivity contribution >= 4 is 22.7 Å². The number of nitriles is 2. The number of hydrogen-bond acceptors (Lipinski definition) is 4. The third-order valence-electron chi connectivity index (χ3n) is 3.66. The van der Waals surface area contributed by atoms with Gasteiger partial charge in [0.15, 0.2) is 0 Å². The average Bonchev–Trinajstić information content (AvgIpc) is 3.20. The van der Waals surface area contributed by atoms with E-state index in [-0.39, 0.29) is 0 Å². The van der Waals surface area contributed by atoms with Crippen molar-refractivity contribution in [1.82, 2.24) is 0 Å². The summed E-state index contributed by atoms with van der Waals surface area (Å²) in [6.45, 7) is 19.0. The highest BCUT2D eigenvalue weighted by Crippen LogP contribution is 2.33. The largest absolute Gasteiger partial charge is 0.192 e. The number of thiophene rings is 2. The molecule has 2 aromatic heterocycles. The first kappa shape index (κ1) is 24.4. The predicted molar refractivity (Wildman–Crippen MR) is 116 cm³/mol. The van der Waals surface area contributed by atoms with Gasteiger partial charge in [-0.25, -0.2) is 0 Å². The Balaban J connectivity index is 0.000000444. The molecule has 0 fully saturated rings. The minimum Gasteiger partial charge on any atom is -0.192 e. The van der Waals surface area contributed by atoms with Gasteiger partial charge in [0.05, 0.1) is 0 Å². The first-order chi connectivity index (χ1) is 12.2. The Bertz CT molecular complexity index is 725. The molecule has 0 aliphatic rings. The van der Waals surface area contributed by atoms with E-state index in [2.05, 4.69) is 59.7 Å². The Kier molecular flexibility index (Phi) is 11.2. The zero-order valence-corrected chi connectivity index (χ0v) is 19.2. The lowest BCUT2D eigenvalue weighted by Crippen LogP contribution is -1.91. The molecular weight excluding hydrogens is 356 g/mol. The molecule has 0 saturated heterocycles. The maximum Gasteiger partial charge on any atom is 0.110 e. The van der Waals surface area contributed by atoms with Gasteiger partial charge in [-0.3, -0.25) is 0 Å². The Morgan fingerprint density at radius 3 is 1.65 bits per heavy atom.